The third-order valence-corrected chi connectivity index (χ3v) is 3.90. The van der Waals surface area contributed by atoms with Crippen LogP contribution in [0.3, 0.4) is 0 Å². The van der Waals surface area contributed by atoms with Gasteiger partial charge in [-0.05, 0) is 51.7 Å². The van der Waals surface area contributed by atoms with E-state index in [1.54, 1.807) is 0 Å². The molecule has 1 saturated heterocycles. The van der Waals surface area contributed by atoms with Gasteiger partial charge in [0, 0.05) is 12.1 Å². The molecule has 1 unspecified atom stereocenters. The molecular weight excluding hydrogens is 208 g/mol. The first-order valence-electron chi connectivity index (χ1n) is 7.71. The zero-order valence-electron chi connectivity index (χ0n) is 12.2. The fourth-order valence-corrected chi connectivity index (χ4v) is 2.84. The quantitative estimate of drug-likeness (QED) is 0.621. The zero-order valence-corrected chi connectivity index (χ0v) is 12.2. The Hall–Kier alpha value is -0.0800. The molecule has 0 aromatic carbocycles. The lowest BCUT2D eigenvalue weighted by molar-refractivity contribution is 0.242. The van der Waals surface area contributed by atoms with Gasteiger partial charge in [0.05, 0.1) is 0 Å². The highest BCUT2D eigenvalue weighted by Gasteiger charge is 2.21. The third-order valence-electron chi connectivity index (χ3n) is 3.90. The van der Waals surface area contributed by atoms with Gasteiger partial charge in [0.1, 0.15) is 0 Å². The predicted molar refractivity (Wildman–Crippen MR) is 76.5 cm³/mol. The van der Waals surface area contributed by atoms with E-state index in [1.165, 1.54) is 64.6 Å². The SMILES string of the molecule is CCC1CCCN1CCCCCCNC(C)C. The summed E-state index contributed by atoms with van der Waals surface area (Å²) in [5, 5.41) is 3.48. The van der Waals surface area contributed by atoms with Gasteiger partial charge in [-0.1, -0.05) is 33.6 Å². The number of hydrogen-bond donors (Lipinski definition) is 1. The molecule has 0 radical (unpaired) electrons. The molecule has 0 aromatic heterocycles. The average Bonchev–Trinajstić information content (AvgIpc) is 2.74. The van der Waals surface area contributed by atoms with Crippen LogP contribution in [0.1, 0.15) is 65.7 Å². The van der Waals surface area contributed by atoms with Crippen LogP contribution in [0.2, 0.25) is 0 Å². The average molecular weight is 240 g/mol. The van der Waals surface area contributed by atoms with Crippen molar-refractivity contribution in [1.29, 1.82) is 0 Å². The first-order chi connectivity index (χ1) is 8.24. The first-order valence-corrected chi connectivity index (χ1v) is 7.71. The number of nitrogens with zero attached hydrogens (tertiary/aromatic N) is 1. The van der Waals surface area contributed by atoms with Crippen molar-refractivity contribution in [2.24, 2.45) is 0 Å². The van der Waals surface area contributed by atoms with Gasteiger partial charge in [-0.25, -0.2) is 0 Å². The Morgan fingerprint density at radius 3 is 2.65 bits per heavy atom. The van der Waals surface area contributed by atoms with E-state index in [0.29, 0.717) is 6.04 Å². The largest absolute Gasteiger partial charge is 0.315 e. The van der Waals surface area contributed by atoms with E-state index in [1.807, 2.05) is 0 Å². The summed E-state index contributed by atoms with van der Waals surface area (Å²) >= 11 is 0. The van der Waals surface area contributed by atoms with E-state index >= 15 is 0 Å². The minimum Gasteiger partial charge on any atom is -0.315 e. The fourth-order valence-electron chi connectivity index (χ4n) is 2.84. The van der Waals surface area contributed by atoms with E-state index in [4.69, 9.17) is 0 Å². The van der Waals surface area contributed by atoms with Crippen molar-refractivity contribution < 1.29 is 0 Å². The second-order valence-corrected chi connectivity index (χ2v) is 5.76. The monoisotopic (exact) mass is 240 g/mol. The Kier molecular flexibility index (Phi) is 7.87. The summed E-state index contributed by atoms with van der Waals surface area (Å²) in [6.45, 7) is 10.7. The molecule has 1 N–H and O–H groups in total. The van der Waals surface area contributed by atoms with Crippen LogP contribution in [0.25, 0.3) is 0 Å². The van der Waals surface area contributed by atoms with Crippen molar-refractivity contribution >= 4 is 0 Å². The molecule has 1 atom stereocenters. The second-order valence-electron chi connectivity index (χ2n) is 5.76. The number of unbranched alkanes of at least 4 members (excludes halogenated alkanes) is 3. The summed E-state index contributed by atoms with van der Waals surface area (Å²) in [5.41, 5.74) is 0. The van der Waals surface area contributed by atoms with Gasteiger partial charge in [0.2, 0.25) is 0 Å². The number of nitrogens with one attached hydrogen (secondary N) is 1. The molecule has 0 saturated carbocycles. The Morgan fingerprint density at radius 2 is 1.94 bits per heavy atom. The van der Waals surface area contributed by atoms with Gasteiger partial charge in [-0.3, -0.25) is 0 Å². The van der Waals surface area contributed by atoms with E-state index < -0.39 is 0 Å². The summed E-state index contributed by atoms with van der Waals surface area (Å²) in [6.07, 6.45) is 9.76. The van der Waals surface area contributed by atoms with E-state index in [2.05, 4.69) is 31.0 Å². The molecule has 1 aliphatic heterocycles. The molecule has 0 aliphatic carbocycles. The lowest BCUT2D eigenvalue weighted by atomic mass is 10.1. The summed E-state index contributed by atoms with van der Waals surface area (Å²) in [6, 6.07) is 1.54. The Balaban J connectivity index is 1.90. The van der Waals surface area contributed by atoms with Crippen molar-refractivity contribution in [3.8, 4) is 0 Å². The fraction of sp³-hybridized carbons (Fsp3) is 1.00. The topological polar surface area (TPSA) is 15.3 Å². The summed E-state index contributed by atoms with van der Waals surface area (Å²) < 4.78 is 0. The van der Waals surface area contributed by atoms with Crippen LogP contribution in [0.15, 0.2) is 0 Å². The summed E-state index contributed by atoms with van der Waals surface area (Å²) in [4.78, 5) is 2.71. The second kappa shape index (κ2) is 8.93. The zero-order chi connectivity index (χ0) is 12.5. The van der Waals surface area contributed by atoms with Crippen LogP contribution in [0.4, 0.5) is 0 Å². The van der Waals surface area contributed by atoms with Gasteiger partial charge in [-0.2, -0.15) is 0 Å². The van der Waals surface area contributed by atoms with Crippen molar-refractivity contribution in [1.82, 2.24) is 10.2 Å². The number of likely N-dealkylation sites (tertiary alicyclic amines) is 1. The highest BCUT2D eigenvalue weighted by Crippen LogP contribution is 2.20. The molecule has 1 rings (SSSR count). The molecule has 102 valence electrons. The molecule has 1 fully saturated rings. The minimum atomic E-state index is 0.643. The maximum atomic E-state index is 3.48. The molecule has 2 heteroatoms. The normalized spacial score (nSPS) is 21.5. The summed E-state index contributed by atoms with van der Waals surface area (Å²) in [5.74, 6) is 0. The van der Waals surface area contributed by atoms with Crippen LogP contribution in [0, 0.1) is 0 Å². The van der Waals surface area contributed by atoms with E-state index in [0.717, 1.165) is 6.04 Å². The lowest BCUT2D eigenvalue weighted by Gasteiger charge is -2.23. The van der Waals surface area contributed by atoms with Crippen molar-refractivity contribution in [2.75, 3.05) is 19.6 Å². The summed E-state index contributed by atoms with van der Waals surface area (Å²) in [7, 11) is 0. The van der Waals surface area contributed by atoms with Gasteiger partial charge in [0.15, 0.2) is 0 Å². The minimum absolute atomic E-state index is 0.643. The van der Waals surface area contributed by atoms with Gasteiger partial charge in [0.25, 0.3) is 0 Å². The van der Waals surface area contributed by atoms with Crippen molar-refractivity contribution in [3.63, 3.8) is 0 Å². The smallest absolute Gasteiger partial charge is 0.00931 e. The van der Waals surface area contributed by atoms with Crippen molar-refractivity contribution in [2.45, 2.75) is 77.8 Å². The van der Waals surface area contributed by atoms with E-state index in [9.17, 15) is 0 Å². The molecule has 0 amide bonds. The predicted octanol–water partition coefficient (Wildman–Crippen LogP) is 3.42. The molecular formula is C15H32N2. The van der Waals surface area contributed by atoms with E-state index in [-0.39, 0.29) is 0 Å². The van der Waals surface area contributed by atoms with Crippen LogP contribution in [-0.2, 0) is 0 Å². The Labute approximate surface area is 108 Å². The maximum Gasteiger partial charge on any atom is 0.00931 e. The van der Waals surface area contributed by atoms with Crippen LogP contribution in [-0.4, -0.2) is 36.6 Å². The Morgan fingerprint density at radius 1 is 1.18 bits per heavy atom. The van der Waals surface area contributed by atoms with Gasteiger partial charge < -0.3 is 10.2 Å². The standard InChI is InChI=1S/C15H32N2/c1-4-15-10-9-13-17(15)12-8-6-5-7-11-16-14(2)3/h14-16H,4-13H2,1-3H3. The number of hydrogen-bond acceptors (Lipinski definition) is 2. The molecule has 0 aromatic rings. The Bertz CT molecular complexity index is 180. The molecule has 17 heavy (non-hydrogen) atoms. The van der Waals surface area contributed by atoms with Crippen LogP contribution < -0.4 is 5.32 Å². The van der Waals surface area contributed by atoms with Crippen LogP contribution >= 0.6 is 0 Å². The molecule has 0 spiro atoms. The molecule has 1 heterocycles. The highest BCUT2D eigenvalue weighted by molar-refractivity contribution is 4.77. The lowest BCUT2D eigenvalue weighted by Crippen LogP contribution is -2.29. The first kappa shape index (κ1) is 15.0. The third kappa shape index (κ3) is 6.42. The van der Waals surface area contributed by atoms with Gasteiger partial charge in [-0.15, -0.1) is 0 Å². The molecule has 2 nitrogen and oxygen atoms in total. The highest BCUT2D eigenvalue weighted by atomic mass is 15.2. The van der Waals surface area contributed by atoms with Crippen LogP contribution in [0.5, 0.6) is 0 Å². The maximum absolute atomic E-state index is 3.48. The van der Waals surface area contributed by atoms with Crippen molar-refractivity contribution in [3.05, 3.63) is 0 Å². The molecule has 1 aliphatic rings. The molecule has 0 bridgehead atoms. The number of rotatable bonds is 9. The van der Waals surface area contributed by atoms with Gasteiger partial charge >= 0.3 is 0 Å².